The second-order valence-electron chi connectivity index (χ2n) is 1.20. The fourth-order valence-electron chi connectivity index (χ4n) is 0.0680. The van der Waals surface area contributed by atoms with Crippen LogP contribution in [-0.2, 0) is 23.6 Å². The highest BCUT2D eigenvalue weighted by atomic mass is 32.3. The van der Waals surface area contributed by atoms with Crippen molar-refractivity contribution in [1.29, 1.82) is 0 Å². The highest BCUT2D eigenvalue weighted by Crippen LogP contribution is 1.85. The lowest BCUT2D eigenvalue weighted by atomic mass is 10.9. The fourth-order valence-corrected chi connectivity index (χ4v) is 0.204. The maximum atomic E-state index is 9.92. The number of hydrogen-bond acceptors (Lipinski definition) is 6. The van der Waals surface area contributed by atoms with Gasteiger partial charge in [-0.05, 0) is 6.92 Å². The van der Waals surface area contributed by atoms with E-state index in [1.54, 1.807) is 0 Å². The lowest BCUT2D eigenvalue weighted by Crippen LogP contribution is -2.02. The summed E-state index contributed by atoms with van der Waals surface area (Å²) in [5.41, 5.74) is 0. The van der Waals surface area contributed by atoms with E-state index in [0.717, 1.165) is 14.2 Å². The van der Waals surface area contributed by atoms with Crippen LogP contribution in [0.2, 0.25) is 0 Å². The Morgan fingerprint density at radius 2 is 1.55 bits per heavy atom. The van der Waals surface area contributed by atoms with Crippen molar-refractivity contribution in [1.82, 2.24) is 0 Å². The van der Waals surface area contributed by atoms with Crippen LogP contribution >= 0.6 is 0 Å². The monoisotopic (exact) mass is 187 g/mol. The largest absolute Gasteiger partial charge is 0.399 e. The maximum Gasteiger partial charge on any atom is 0.399 e. The summed E-state index contributed by atoms with van der Waals surface area (Å²) in [4.78, 5) is 4.04. The molecule has 0 bridgehead atoms. The molecule has 0 spiro atoms. The molecule has 0 saturated carbocycles. The van der Waals surface area contributed by atoms with Gasteiger partial charge >= 0.3 is 10.4 Å². The van der Waals surface area contributed by atoms with Crippen LogP contribution in [0.25, 0.3) is 0 Å². The Kier molecular flexibility index (Phi) is 9.60. The van der Waals surface area contributed by atoms with Crippen molar-refractivity contribution >= 4 is 10.4 Å². The molecule has 0 aliphatic rings. The van der Waals surface area contributed by atoms with Crippen LogP contribution in [0, 0.1) is 0 Å². The lowest BCUT2D eigenvalue weighted by molar-refractivity contribution is 0.152. The molecule has 0 atom stereocenters. The van der Waals surface area contributed by atoms with Crippen LogP contribution in [-0.4, -0.2) is 29.2 Å². The van der Waals surface area contributed by atoms with E-state index in [2.05, 4.69) is 19.1 Å². The van der Waals surface area contributed by atoms with Gasteiger partial charge in [-0.3, -0.25) is 8.37 Å². The maximum absolute atomic E-state index is 9.92. The Labute approximate surface area is 66.5 Å². The Hall–Kier alpha value is -0.210. The van der Waals surface area contributed by atoms with Gasteiger partial charge in [-0.2, -0.15) is 8.42 Å². The normalized spacial score (nSPS) is 10.2. The van der Waals surface area contributed by atoms with Gasteiger partial charge < -0.3 is 4.84 Å². The summed E-state index contributed by atoms with van der Waals surface area (Å²) in [6, 6.07) is 0. The number of nitrogens with two attached hydrogens (primary N) is 1. The average Bonchev–Trinajstić information content (AvgIpc) is 2.05. The van der Waals surface area contributed by atoms with E-state index in [1.165, 1.54) is 0 Å². The molecule has 0 aromatic heterocycles. The molecular formula is C4H13NO5S. The highest BCUT2D eigenvalue weighted by molar-refractivity contribution is 7.81. The van der Waals surface area contributed by atoms with Crippen LogP contribution < -0.4 is 5.90 Å². The van der Waals surface area contributed by atoms with Crippen LogP contribution in [0.15, 0.2) is 0 Å². The third-order valence-electron chi connectivity index (χ3n) is 0.575. The first-order valence-electron chi connectivity index (χ1n) is 2.71. The summed E-state index contributed by atoms with van der Waals surface area (Å²) in [7, 11) is -1.60. The molecule has 7 heteroatoms. The zero-order valence-electron chi connectivity index (χ0n) is 6.73. The SMILES string of the molecule is CCON.COS(=O)(=O)OC. The van der Waals surface area contributed by atoms with Gasteiger partial charge in [0.2, 0.25) is 0 Å². The van der Waals surface area contributed by atoms with Crippen molar-refractivity contribution in [2.45, 2.75) is 6.92 Å². The molecule has 2 N–H and O–H groups in total. The summed E-state index contributed by atoms with van der Waals surface area (Å²) in [5.74, 6) is 4.53. The average molecular weight is 187 g/mol. The van der Waals surface area contributed by atoms with Gasteiger partial charge in [-0.25, -0.2) is 5.90 Å². The molecule has 0 amide bonds. The van der Waals surface area contributed by atoms with E-state index < -0.39 is 10.4 Å². The summed E-state index contributed by atoms with van der Waals surface area (Å²) in [6.07, 6.45) is 0. The van der Waals surface area contributed by atoms with Crippen molar-refractivity contribution in [3.63, 3.8) is 0 Å². The second kappa shape index (κ2) is 7.89. The Balaban J connectivity index is 0. The fraction of sp³-hybridized carbons (Fsp3) is 1.00. The molecule has 0 unspecified atom stereocenters. The molecule has 0 aliphatic carbocycles. The minimum absolute atomic E-state index is 0.597. The Bertz CT molecular complexity index is 142. The minimum atomic E-state index is -3.66. The van der Waals surface area contributed by atoms with E-state index in [1.807, 2.05) is 6.92 Å². The van der Waals surface area contributed by atoms with Crippen LogP contribution in [0.4, 0.5) is 0 Å². The molecule has 0 radical (unpaired) electrons. The Morgan fingerprint density at radius 1 is 1.27 bits per heavy atom. The van der Waals surface area contributed by atoms with E-state index in [9.17, 15) is 8.42 Å². The summed E-state index contributed by atoms with van der Waals surface area (Å²) >= 11 is 0. The summed E-state index contributed by atoms with van der Waals surface area (Å²) < 4.78 is 27.5. The second-order valence-corrected chi connectivity index (χ2v) is 2.68. The molecule has 11 heavy (non-hydrogen) atoms. The molecular weight excluding hydrogens is 174 g/mol. The van der Waals surface area contributed by atoms with Crippen LogP contribution in [0.5, 0.6) is 0 Å². The van der Waals surface area contributed by atoms with Crippen LogP contribution in [0.3, 0.4) is 0 Å². The van der Waals surface area contributed by atoms with Gasteiger partial charge in [-0.15, -0.1) is 0 Å². The zero-order chi connectivity index (χ0) is 9.33. The van der Waals surface area contributed by atoms with Crippen LogP contribution in [0.1, 0.15) is 6.92 Å². The van der Waals surface area contributed by atoms with Gasteiger partial charge in [0.1, 0.15) is 0 Å². The smallest absolute Gasteiger partial charge is 0.305 e. The molecule has 0 rings (SSSR count). The van der Waals surface area contributed by atoms with Crippen molar-refractivity contribution in [3.05, 3.63) is 0 Å². The standard InChI is InChI=1S/C2H7NO.C2H6O4S/c1-2-4-3;1-5-7(3,4)6-2/h2-3H2,1H3;1-2H3. The molecule has 0 aromatic rings. The highest BCUT2D eigenvalue weighted by Gasteiger charge is 2.01. The van der Waals surface area contributed by atoms with Gasteiger partial charge in [0, 0.05) is 0 Å². The first-order chi connectivity index (χ1) is 5.04. The van der Waals surface area contributed by atoms with E-state index >= 15 is 0 Å². The van der Waals surface area contributed by atoms with Gasteiger partial charge in [0.05, 0.1) is 20.8 Å². The van der Waals surface area contributed by atoms with Gasteiger partial charge in [-0.1, -0.05) is 0 Å². The number of rotatable bonds is 3. The van der Waals surface area contributed by atoms with Gasteiger partial charge in [0.15, 0.2) is 0 Å². The van der Waals surface area contributed by atoms with Crippen molar-refractivity contribution in [2.24, 2.45) is 5.90 Å². The third-order valence-corrected chi connectivity index (χ3v) is 1.39. The van der Waals surface area contributed by atoms with E-state index in [4.69, 9.17) is 0 Å². The molecule has 0 aromatic carbocycles. The van der Waals surface area contributed by atoms with E-state index in [-0.39, 0.29) is 0 Å². The van der Waals surface area contributed by atoms with Gasteiger partial charge in [0.25, 0.3) is 0 Å². The predicted molar refractivity (Wildman–Crippen MR) is 38.8 cm³/mol. The molecule has 0 heterocycles. The molecule has 70 valence electrons. The van der Waals surface area contributed by atoms with Crippen molar-refractivity contribution in [2.75, 3.05) is 20.8 Å². The number of hydrogen-bond donors (Lipinski definition) is 1. The molecule has 6 nitrogen and oxygen atoms in total. The summed E-state index contributed by atoms with van der Waals surface area (Å²) in [5, 5.41) is 0. The first-order valence-corrected chi connectivity index (χ1v) is 4.05. The molecule has 0 saturated heterocycles. The van der Waals surface area contributed by atoms with Crippen molar-refractivity contribution in [3.8, 4) is 0 Å². The topological polar surface area (TPSA) is 87.9 Å². The molecule has 0 fully saturated rings. The Morgan fingerprint density at radius 3 is 1.55 bits per heavy atom. The minimum Gasteiger partial charge on any atom is -0.305 e. The summed E-state index contributed by atoms with van der Waals surface area (Å²) in [6.45, 7) is 2.43. The predicted octanol–water partition coefficient (Wildman–Crippen LogP) is -0.579. The third kappa shape index (κ3) is 12.9. The van der Waals surface area contributed by atoms with E-state index in [0.29, 0.717) is 6.61 Å². The van der Waals surface area contributed by atoms with Crippen molar-refractivity contribution < 1.29 is 21.6 Å². The lowest BCUT2D eigenvalue weighted by Gasteiger charge is -1.91. The zero-order valence-corrected chi connectivity index (χ0v) is 7.55. The first kappa shape index (κ1) is 13.4. The quantitative estimate of drug-likeness (QED) is 0.595. The molecule has 0 aliphatic heterocycles.